The number of aliphatic carboxylic acids is 1. The van der Waals surface area contributed by atoms with Crippen LogP contribution >= 0.6 is 23.2 Å². The number of halogens is 2. The van der Waals surface area contributed by atoms with E-state index in [9.17, 15) is 14.7 Å². The van der Waals surface area contributed by atoms with Crippen LogP contribution in [0.1, 0.15) is 21.5 Å². The number of rotatable bonds is 5. The normalized spacial score (nSPS) is 11.4. The Hall–Kier alpha value is -2.55. The summed E-state index contributed by atoms with van der Waals surface area (Å²) in [6.45, 7) is 0. The molecule has 0 aliphatic rings. The number of amides is 1. The molecule has 1 atom stereocenters. The maximum Gasteiger partial charge on any atom is 0.326 e. The minimum absolute atomic E-state index is 0.0212. The molecule has 2 N–H and O–H groups in total. The Kier molecular flexibility index (Phi) is 5.80. The molecule has 0 radical (unpaired) electrons. The van der Waals surface area contributed by atoms with Gasteiger partial charge in [-0.05, 0) is 42.0 Å². The number of benzene rings is 2. The highest BCUT2D eigenvalue weighted by molar-refractivity contribution is 6.35. The Bertz CT molecular complexity index is 814. The van der Waals surface area contributed by atoms with Gasteiger partial charge in [0.1, 0.15) is 6.04 Å². The predicted octanol–water partition coefficient (Wildman–Crippen LogP) is 3.29. The summed E-state index contributed by atoms with van der Waals surface area (Å²) in [6.07, 6.45) is 0.0212. The van der Waals surface area contributed by atoms with E-state index < -0.39 is 17.9 Å². The lowest BCUT2D eigenvalue weighted by atomic mass is 10.0. The summed E-state index contributed by atoms with van der Waals surface area (Å²) in [5.41, 5.74) is 1.24. The third-order valence-electron chi connectivity index (χ3n) is 3.32. The van der Waals surface area contributed by atoms with E-state index in [1.165, 1.54) is 30.3 Å². The van der Waals surface area contributed by atoms with Crippen LogP contribution in [0.25, 0.3) is 0 Å². The summed E-state index contributed by atoms with van der Waals surface area (Å²) < 4.78 is 0. The van der Waals surface area contributed by atoms with Crippen LogP contribution in [-0.4, -0.2) is 23.0 Å². The molecule has 0 saturated carbocycles. The van der Waals surface area contributed by atoms with Gasteiger partial charge >= 0.3 is 5.97 Å². The standard InChI is InChI=1S/C17H12Cl2N2O3/c18-13-6-5-12(14(19)8-13)7-15(17(23)24)21-16(22)11-3-1-10(9-20)2-4-11/h1-6,8,15H,7H2,(H,21,22)(H,23,24)/t15-/m1/s1. The van der Waals surface area contributed by atoms with E-state index in [4.69, 9.17) is 28.5 Å². The largest absolute Gasteiger partial charge is 0.480 e. The van der Waals surface area contributed by atoms with Crippen molar-refractivity contribution in [3.63, 3.8) is 0 Å². The second-order valence-corrected chi connectivity index (χ2v) is 5.84. The zero-order valence-corrected chi connectivity index (χ0v) is 13.8. The van der Waals surface area contributed by atoms with E-state index in [2.05, 4.69) is 5.32 Å². The van der Waals surface area contributed by atoms with Crippen LogP contribution in [0.15, 0.2) is 42.5 Å². The van der Waals surface area contributed by atoms with Gasteiger partial charge < -0.3 is 10.4 Å². The van der Waals surface area contributed by atoms with Gasteiger partial charge in [-0.2, -0.15) is 5.26 Å². The minimum atomic E-state index is -1.18. The minimum Gasteiger partial charge on any atom is -0.480 e. The summed E-state index contributed by atoms with van der Waals surface area (Å²) in [6, 6.07) is 11.4. The van der Waals surface area contributed by atoms with E-state index in [-0.39, 0.29) is 12.0 Å². The van der Waals surface area contributed by atoms with Crippen molar-refractivity contribution in [3.8, 4) is 6.07 Å². The maximum atomic E-state index is 12.2. The molecule has 0 aromatic heterocycles. The molecule has 0 bridgehead atoms. The lowest BCUT2D eigenvalue weighted by Gasteiger charge is -2.15. The number of hydrogen-bond donors (Lipinski definition) is 2. The van der Waals surface area contributed by atoms with Crippen LogP contribution < -0.4 is 5.32 Å². The first-order chi connectivity index (χ1) is 11.4. The fourth-order valence-corrected chi connectivity index (χ4v) is 2.53. The van der Waals surface area contributed by atoms with Gasteiger partial charge in [0.05, 0.1) is 11.6 Å². The fraction of sp³-hybridized carbons (Fsp3) is 0.118. The van der Waals surface area contributed by atoms with Crippen LogP contribution in [0.2, 0.25) is 10.0 Å². The van der Waals surface area contributed by atoms with E-state index in [0.717, 1.165) is 0 Å². The average Bonchev–Trinajstić information content (AvgIpc) is 2.56. The van der Waals surface area contributed by atoms with Crippen molar-refractivity contribution >= 4 is 35.1 Å². The number of hydrogen-bond acceptors (Lipinski definition) is 3. The monoisotopic (exact) mass is 362 g/mol. The Labute approximate surface area is 148 Å². The molecule has 2 aromatic carbocycles. The summed E-state index contributed by atoms with van der Waals surface area (Å²) in [4.78, 5) is 23.6. The fourth-order valence-electron chi connectivity index (χ4n) is 2.04. The van der Waals surface area contributed by atoms with Gasteiger partial charge in [-0.1, -0.05) is 29.3 Å². The number of nitrogens with one attached hydrogen (secondary N) is 1. The van der Waals surface area contributed by atoms with Crippen molar-refractivity contribution < 1.29 is 14.7 Å². The number of carboxylic acids is 1. The third-order valence-corrected chi connectivity index (χ3v) is 3.91. The van der Waals surface area contributed by atoms with Crippen LogP contribution in [0.3, 0.4) is 0 Å². The van der Waals surface area contributed by atoms with Crippen LogP contribution in [0.5, 0.6) is 0 Å². The summed E-state index contributed by atoms with van der Waals surface area (Å²) >= 11 is 11.9. The molecule has 5 nitrogen and oxygen atoms in total. The molecule has 7 heteroatoms. The predicted molar refractivity (Wildman–Crippen MR) is 90.2 cm³/mol. The molecule has 0 aliphatic carbocycles. The van der Waals surface area contributed by atoms with Gasteiger partial charge in [0.15, 0.2) is 0 Å². The average molecular weight is 363 g/mol. The topological polar surface area (TPSA) is 90.2 Å². The quantitative estimate of drug-likeness (QED) is 0.853. The maximum absolute atomic E-state index is 12.2. The van der Waals surface area contributed by atoms with Crippen molar-refractivity contribution in [2.75, 3.05) is 0 Å². The number of nitrogens with zero attached hydrogens (tertiary/aromatic N) is 1. The molecule has 2 rings (SSSR count). The molecular weight excluding hydrogens is 351 g/mol. The van der Waals surface area contributed by atoms with Crippen LogP contribution in [0.4, 0.5) is 0 Å². The van der Waals surface area contributed by atoms with Gasteiger partial charge in [-0.15, -0.1) is 0 Å². The Balaban J connectivity index is 2.14. The van der Waals surface area contributed by atoms with E-state index in [0.29, 0.717) is 21.2 Å². The molecule has 1 amide bonds. The molecule has 0 fully saturated rings. The first-order valence-electron chi connectivity index (χ1n) is 6.88. The zero-order valence-electron chi connectivity index (χ0n) is 12.3. The van der Waals surface area contributed by atoms with Gasteiger partial charge in [0.2, 0.25) is 0 Å². The molecular formula is C17H12Cl2N2O3. The molecule has 24 heavy (non-hydrogen) atoms. The zero-order chi connectivity index (χ0) is 17.7. The second kappa shape index (κ2) is 7.82. The summed E-state index contributed by atoms with van der Waals surface area (Å²) in [7, 11) is 0. The van der Waals surface area contributed by atoms with Crippen molar-refractivity contribution in [2.45, 2.75) is 12.5 Å². The number of carbonyl (C=O) groups is 2. The third kappa shape index (κ3) is 4.48. The Morgan fingerprint density at radius 3 is 2.38 bits per heavy atom. The van der Waals surface area contributed by atoms with Crippen LogP contribution in [-0.2, 0) is 11.2 Å². The number of nitriles is 1. The molecule has 122 valence electrons. The molecule has 0 unspecified atom stereocenters. The Morgan fingerprint density at radius 1 is 1.17 bits per heavy atom. The van der Waals surface area contributed by atoms with Gasteiger partial charge in [0, 0.05) is 22.0 Å². The molecule has 2 aromatic rings. The lowest BCUT2D eigenvalue weighted by molar-refractivity contribution is -0.139. The number of carbonyl (C=O) groups excluding carboxylic acids is 1. The highest BCUT2D eigenvalue weighted by Gasteiger charge is 2.22. The van der Waals surface area contributed by atoms with Crippen LogP contribution in [0, 0.1) is 11.3 Å². The first kappa shape index (κ1) is 17.8. The Morgan fingerprint density at radius 2 is 1.83 bits per heavy atom. The molecule has 0 aliphatic heterocycles. The highest BCUT2D eigenvalue weighted by Crippen LogP contribution is 2.22. The SMILES string of the molecule is N#Cc1ccc(C(=O)N[C@H](Cc2ccc(Cl)cc2Cl)C(=O)O)cc1. The van der Waals surface area contributed by atoms with Crippen molar-refractivity contribution in [1.82, 2.24) is 5.32 Å². The molecule has 0 spiro atoms. The number of carboxylic acid groups (broad SMARTS) is 1. The second-order valence-electron chi connectivity index (χ2n) is 4.99. The van der Waals surface area contributed by atoms with E-state index >= 15 is 0 Å². The van der Waals surface area contributed by atoms with Gasteiger partial charge in [-0.3, -0.25) is 4.79 Å². The van der Waals surface area contributed by atoms with Gasteiger partial charge in [-0.25, -0.2) is 4.79 Å². The van der Waals surface area contributed by atoms with Crippen molar-refractivity contribution in [3.05, 3.63) is 69.2 Å². The van der Waals surface area contributed by atoms with E-state index in [1.807, 2.05) is 6.07 Å². The lowest BCUT2D eigenvalue weighted by Crippen LogP contribution is -2.42. The molecule has 0 heterocycles. The first-order valence-corrected chi connectivity index (χ1v) is 7.64. The molecule has 0 saturated heterocycles. The summed E-state index contributed by atoms with van der Waals surface area (Å²) in [5.74, 6) is -1.72. The summed E-state index contributed by atoms with van der Waals surface area (Å²) in [5, 5.41) is 21.3. The van der Waals surface area contributed by atoms with Gasteiger partial charge in [0.25, 0.3) is 5.91 Å². The van der Waals surface area contributed by atoms with Crippen molar-refractivity contribution in [1.29, 1.82) is 5.26 Å². The van der Waals surface area contributed by atoms with E-state index in [1.54, 1.807) is 12.1 Å². The highest BCUT2D eigenvalue weighted by atomic mass is 35.5. The van der Waals surface area contributed by atoms with Crippen molar-refractivity contribution in [2.24, 2.45) is 0 Å². The smallest absolute Gasteiger partial charge is 0.326 e.